The van der Waals surface area contributed by atoms with Gasteiger partial charge in [-0.05, 0) is 75.0 Å². The summed E-state index contributed by atoms with van der Waals surface area (Å²) in [5.41, 5.74) is -0.900. The van der Waals surface area contributed by atoms with E-state index in [0.29, 0.717) is 17.8 Å². The van der Waals surface area contributed by atoms with Crippen LogP contribution in [0.5, 0.6) is 0 Å². The first-order valence-electron chi connectivity index (χ1n) is 9.03. The highest BCUT2D eigenvalue weighted by Gasteiger charge is 2.57. The average molecular weight is 309 g/mol. The maximum Gasteiger partial charge on any atom is 0.0797 e. The van der Waals surface area contributed by atoms with Gasteiger partial charge in [0.2, 0.25) is 0 Å². The molecule has 0 saturated heterocycles. The molecule has 2 saturated carbocycles. The summed E-state index contributed by atoms with van der Waals surface area (Å²) in [7, 11) is 0. The largest absolute Gasteiger partial charge is 0.390 e. The monoisotopic (exact) mass is 308 g/mol. The standard InChI is InChI=1S/C20H36O2/c1-7-18(4,21)13-9-16-19(5)12-8-11-17(2,3)15(19)10-14-20(16,6)22/h7,15-16,21-22H,1,8-14H2,2-6H3/t15?,16-,18+,19+,20+/m1/s1. The van der Waals surface area contributed by atoms with Crippen LogP contribution in [0.25, 0.3) is 0 Å². The van der Waals surface area contributed by atoms with Crippen molar-refractivity contribution in [3.05, 3.63) is 12.7 Å². The van der Waals surface area contributed by atoms with Gasteiger partial charge in [0.05, 0.1) is 11.2 Å². The van der Waals surface area contributed by atoms with Crippen LogP contribution in [0.3, 0.4) is 0 Å². The molecule has 2 aliphatic rings. The molecule has 2 fully saturated rings. The molecule has 0 spiro atoms. The van der Waals surface area contributed by atoms with Crippen LogP contribution < -0.4 is 0 Å². The fourth-order valence-corrected chi connectivity index (χ4v) is 5.80. The van der Waals surface area contributed by atoms with Crippen LogP contribution in [0.4, 0.5) is 0 Å². The van der Waals surface area contributed by atoms with Crippen LogP contribution in [-0.2, 0) is 0 Å². The first-order valence-corrected chi connectivity index (χ1v) is 9.03. The maximum absolute atomic E-state index is 11.1. The van der Waals surface area contributed by atoms with Crippen LogP contribution in [-0.4, -0.2) is 21.4 Å². The molecule has 5 atom stereocenters. The number of hydrogen-bond donors (Lipinski definition) is 2. The van der Waals surface area contributed by atoms with E-state index >= 15 is 0 Å². The van der Waals surface area contributed by atoms with Crippen LogP contribution in [0.15, 0.2) is 12.7 Å². The fourth-order valence-electron chi connectivity index (χ4n) is 5.80. The topological polar surface area (TPSA) is 40.5 Å². The number of rotatable bonds is 4. The Hall–Kier alpha value is -0.340. The molecule has 1 unspecified atom stereocenters. The predicted octanol–water partition coefficient (Wildman–Crippen LogP) is 4.70. The Balaban J connectivity index is 2.28. The van der Waals surface area contributed by atoms with Gasteiger partial charge in [-0.3, -0.25) is 0 Å². The number of fused-ring (bicyclic) bond motifs is 1. The molecular formula is C20H36O2. The van der Waals surface area contributed by atoms with Crippen LogP contribution in [0.1, 0.15) is 79.6 Å². The van der Waals surface area contributed by atoms with Crippen molar-refractivity contribution in [3.8, 4) is 0 Å². The molecule has 2 aliphatic carbocycles. The Labute approximate surface area is 137 Å². The van der Waals surface area contributed by atoms with Gasteiger partial charge >= 0.3 is 0 Å². The Morgan fingerprint density at radius 2 is 1.82 bits per heavy atom. The summed E-state index contributed by atoms with van der Waals surface area (Å²) < 4.78 is 0. The van der Waals surface area contributed by atoms with E-state index in [1.807, 2.05) is 13.8 Å². The third-order valence-electron chi connectivity index (χ3n) is 7.14. The zero-order valence-electron chi connectivity index (χ0n) is 15.3. The van der Waals surface area contributed by atoms with Gasteiger partial charge in [0.1, 0.15) is 0 Å². The van der Waals surface area contributed by atoms with Gasteiger partial charge in [-0.1, -0.05) is 33.3 Å². The van der Waals surface area contributed by atoms with Crippen molar-refractivity contribution in [2.45, 2.75) is 90.8 Å². The van der Waals surface area contributed by atoms with E-state index in [-0.39, 0.29) is 11.3 Å². The van der Waals surface area contributed by atoms with Crippen molar-refractivity contribution >= 4 is 0 Å². The predicted molar refractivity (Wildman–Crippen MR) is 92.6 cm³/mol. The van der Waals surface area contributed by atoms with E-state index in [0.717, 1.165) is 19.3 Å². The summed E-state index contributed by atoms with van der Waals surface area (Å²) in [5, 5.41) is 21.4. The molecule has 2 heteroatoms. The first-order chi connectivity index (χ1) is 9.95. The Morgan fingerprint density at radius 3 is 2.41 bits per heavy atom. The minimum Gasteiger partial charge on any atom is -0.390 e. The smallest absolute Gasteiger partial charge is 0.0797 e. The third-order valence-corrected chi connectivity index (χ3v) is 7.14. The average Bonchev–Trinajstić information content (AvgIpc) is 2.35. The zero-order chi connectivity index (χ0) is 16.8. The summed E-state index contributed by atoms with van der Waals surface area (Å²) >= 11 is 0. The Bertz CT molecular complexity index is 421. The summed E-state index contributed by atoms with van der Waals surface area (Å²) in [6.07, 6.45) is 8.96. The summed E-state index contributed by atoms with van der Waals surface area (Å²) in [5.74, 6) is 0.928. The van der Waals surface area contributed by atoms with Crippen LogP contribution in [0, 0.1) is 22.7 Å². The van der Waals surface area contributed by atoms with E-state index < -0.39 is 11.2 Å². The molecule has 0 aliphatic heterocycles. The molecule has 2 N–H and O–H groups in total. The lowest BCUT2D eigenvalue weighted by Crippen LogP contribution is -2.57. The minimum atomic E-state index is -0.830. The molecule has 128 valence electrons. The highest BCUT2D eigenvalue weighted by atomic mass is 16.3. The second-order valence-corrected chi connectivity index (χ2v) is 9.45. The highest BCUT2D eigenvalue weighted by Crippen LogP contribution is 2.63. The van der Waals surface area contributed by atoms with Crippen molar-refractivity contribution in [1.82, 2.24) is 0 Å². The quantitative estimate of drug-likeness (QED) is 0.739. The van der Waals surface area contributed by atoms with Gasteiger partial charge in [0.15, 0.2) is 0 Å². The fraction of sp³-hybridized carbons (Fsp3) is 0.900. The SMILES string of the molecule is C=C[C@](C)(O)CC[C@H]1[C@@](C)(O)CCC2C(C)(C)CCC[C@@]21C. The number of aliphatic hydroxyl groups is 2. The van der Waals surface area contributed by atoms with Gasteiger partial charge in [-0.25, -0.2) is 0 Å². The Morgan fingerprint density at radius 1 is 1.18 bits per heavy atom. The second-order valence-electron chi connectivity index (χ2n) is 9.45. The van der Waals surface area contributed by atoms with Crippen molar-refractivity contribution in [2.24, 2.45) is 22.7 Å². The molecule has 2 rings (SSSR count). The van der Waals surface area contributed by atoms with E-state index in [1.54, 1.807) is 6.08 Å². The highest BCUT2D eigenvalue weighted by molar-refractivity contribution is 5.08. The van der Waals surface area contributed by atoms with E-state index in [9.17, 15) is 10.2 Å². The summed E-state index contributed by atoms with van der Waals surface area (Å²) in [4.78, 5) is 0. The first kappa shape index (κ1) is 18.0. The van der Waals surface area contributed by atoms with Crippen LogP contribution >= 0.6 is 0 Å². The van der Waals surface area contributed by atoms with Crippen molar-refractivity contribution < 1.29 is 10.2 Å². The van der Waals surface area contributed by atoms with Gasteiger partial charge in [0.25, 0.3) is 0 Å². The van der Waals surface area contributed by atoms with Crippen molar-refractivity contribution in [3.63, 3.8) is 0 Å². The molecule has 0 aromatic heterocycles. The molecule has 0 aromatic carbocycles. The van der Waals surface area contributed by atoms with Crippen molar-refractivity contribution in [2.75, 3.05) is 0 Å². The molecule has 0 bridgehead atoms. The molecule has 0 heterocycles. The lowest BCUT2D eigenvalue weighted by atomic mass is 9.45. The van der Waals surface area contributed by atoms with E-state index in [1.165, 1.54) is 19.3 Å². The molecule has 22 heavy (non-hydrogen) atoms. The minimum absolute atomic E-state index is 0.181. The van der Waals surface area contributed by atoms with Gasteiger partial charge in [0, 0.05) is 0 Å². The lowest BCUT2D eigenvalue weighted by Gasteiger charge is -2.61. The van der Waals surface area contributed by atoms with E-state index in [4.69, 9.17) is 0 Å². The lowest BCUT2D eigenvalue weighted by molar-refractivity contribution is -0.171. The third kappa shape index (κ3) is 3.14. The zero-order valence-corrected chi connectivity index (χ0v) is 15.3. The molecule has 0 amide bonds. The second kappa shape index (κ2) is 5.63. The van der Waals surface area contributed by atoms with Gasteiger partial charge in [-0.2, -0.15) is 0 Å². The maximum atomic E-state index is 11.1. The molecular weight excluding hydrogens is 272 g/mol. The Kier molecular flexibility index (Phi) is 4.61. The van der Waals surface area contributed by atoms with E-state index in [2.05, 4.69) is 27.4 Å². The normalized spacial score (nSPS) is 44.0. The van der Waals surface area contributed by atoms with Crippen LogP contribution in [0.2, 0.25) is 0 Å². The van der Waals surface area contributed by atoms with Gasteiger partial charge in [-0.15, -0.1) is 6.58 Å². The summed E-state index contributed by atoms with van der Waals surface area (Å²) in [6, 6.07) is 0. The molecule has 2 nitrogen and oxygen atoms in total. The summed E-state index contributed by atoms with van der Waals surface area (Å²) in [6.45, 7) is 14.8. The van der Waals surface area contributed by atoms with Crippen molar-refractivity contribution in [1.29, 1.82) is 0 Å². The number of hydrogen-bond acceptors (Lipinski definition) is 2. The molecule has 0 radical (unpaired) electrons. The van der Waals surface area contributed by atoms with Gasteiger partial charge < -0.3 is 10.2 Å². The molecule has 0 aromatic rings.